The van der Waals surface area contributed by atoms with Gasteiger partial charge >= 0.3 is 7.12 Å². The lowest BCUT2D eigenvalue weighted by Crippen LogP contribution is -2.30. The van der Waals surface area contributed by atoms with Crippen LogP contribution in [0.3, 0.4) is 0 Å². The van der Waals surface area contributed by atoms with Gasteiger partial charge in [-0.1, -0.05) is 190 Å². The highest BCUT2D eigenvalue weighted by molar-refractivity contribution is 9.11. The molecule has 2 N–H and O–H groups in total. The quantitative estimate of drug-likeness (QED) is 0.128. The molecule has 2 aromatic heterocycles. The summed E-state index contributed by atoms with van der Waals surface area (Å²) in [4.78, 5) is 18.2. The number of benzene rings is 6. The number of hydrogen-bond donors (Lipinski definition) is 2. The van der Waals surface area contributed by atoms with Crippen molar-refractivity contribution in [2.75, 3.05) is 0 Å². The Labute approximate surface area is 336 Å². The molecule has 0 atom stereocenters. The second-order valence-electron chi connectivity index (χ2n) is 11.7. The van der Waals surface area contributed by atoms with Crippen LogP contribution in [0.25, 0.3) is 56.4 Å². The first-order valence-corrected chi connectivity index (χ1v) is 18.8. The van der Waals surface area contributed by atoms with E-state index in [9.17, 15) is 0 Å². The maximum atomic E-state index is 8.73. The molecule has 264 valence electrons. The monoisotopic (exact) mass is 852 g/mol. The molecule has 6 aromatic carbocycles. The highest BCUT2D eigenvalue weighted by Gasteiger charge is 2.13. The molecule has 0 saturated carbocycles. The average molecular weight is 855 g/mol. The van der Waals surface area contributed by atoms with Crippen LogP contribution in [-0.2, 0) is 0 Å². The van der Waals surface area contributed by atoms with Crippen molar-refractivity contribution in [1.82, 2.24) is 19.9 Å². The number of hydrogen-bond acceptors (Lipinski definition) is 6. The Morgan fingerprint density at radius 2 is 0.741 bits per heavy atom. The molecule has 8 rings (SSSR count). The minimum absolute atomic E-state index is 0.264. The van der Waals surface area contributed by atoms with Crippen LogP contribution in [0, 0.1) is 0 Å². The molecule has 6 nitrogen and oxygen atoms in total. The van der Waals surface area contributed by atoms with Gasteiger partial charge in [0.1, 0.15) is 0 Å². The highest BCUT2D eigenvalue weighted by atomic mass is 79.9. The second-order valence-corrected chi connectivity index (χ2v) is 13.8. The number of rotatable bonds is 6. The molecule has 0 aliphatic carbocycles. The van der Waals surface area contributed by atoms with Crippen LogP contribution >= 0.6 is 43.5 Å². The third-order valence-electron chi connectivity index (χ3n) is 8.00. The van der Waals surface area contributed by atoms with Gasteiger partial charge in [-0.05, 0) is 41.3 Å². The van der Waals surface area contributed by atoms with Gasteiger partial charge in [0.2, 0.25) is 5.28 Å². The molecule has 0 aliphatic heterocycles. The number of aromatic nitrogens is 4. The van der Waals surface area contributed by atoms with E-state index in [0.717, 1.165) is 55.1 Å². The van der Waals surface area contributed by atoms with E-state index in [2.05, 4.69) is 66.1 Å². The maximum Gasteiger partial charge on any atom is 0.489 e. The van der Waals surface area contributed by atoms with Crippen LogP contribution in [0.15, 0.2) is 191 Å². The molecule has 0 bridgehead atoms. The topological polar surface area (TPSA) is 92.0 Å². The Kier molecular flexibility index (Phi) is 13.6. The molecule has 8 aromatic rings. The minimum atomic E-state index is -1.39. The smallest absolute Gasteiger partial charge is 0.423 e. The first-order chi connectivity index (χ1) is 26.4. The minimum Gasteiger partial charge on any atom is -0.423 e. The summed E-state index contributed by atoms with van der Waals surface area (Å²) in [7, 11) is -1.39. The lowest BCUT2D eigenvalue weighted by atomic mass is 9.80. The van der Waals surface area contributed by atoms with E-state index >= 15 is 0 Å². The third-order valence-corrected chi connectivity index (χ3v) is 9.58. The predicted octanol–water partition coefficient (Wildman–Crippen LogP) is 10.8. The standard InChI is InChI=1S/C22H15BrN2.C16H11ClN2.C6H6BBrO2/c23-19-14-8-7-13-18(19)22-24-20(16-9-3-1-4-10-16)15-21(25-22)17-11-5-2-6-12-17;17-16-18-14(12-7-3-1-4-8-12)11-15(19-16)13-9-5-2-6-10-13;8-6-4-2-1-3-5(6)7(9)10/h1-15H;1-11H;1-4,9-10H. The zero-order valence-corrected chi connectivity index (χ0v) is 32.6. The zero-order chi connectivity index (χ0) is 37.7. The predicted molar refractivity (Wildman–Crippen MR) is 228 cm³/mol. The molecule has 0 amide bonds. The summed E-state index contributed by atoms with van der Waals surface area (Å²) in [6.45, 7) is 0. The normalized spacial score (nSPS) is 10.3. The first-order valence-electron chi connectivity index (χ1n) is 16.9. The van der Waals surface area contributed by atoms with Gasteiger partial charge in [0.15, 0.2) is 5.82 Å². The van der Waals surface area contributed by atoms with E-state index < -0.39 is 7.12 Å². The van der Waals surface area contributed by atoms with Crippen LogP contribution in [0.1, 0.15) is 0 Å². The van der Waals surface area contributed by atoms with Crippen molar-refractivity contribution in [3.05, 3.63) is 196 Å². The van der Waals surface area contributed by atoms with Crippen molar-refractivity contribution in [2.45, 2.75) is 0 Å². The molecule has 2 heterocycles. The summed E-state index contributed by atoms with van der Waals surface area (Å²) < 4.78 is 1.70. The van der Waals surface area contributed by atoms with Gasteiger partial charge in [-0.25, -0.2) is 19.9 Å². The molecule has 0 fully saturated rings. The Hall–Kier alpha value is -5.29. The molecule has 0 radical (unpaired) electrons. The van der Waals surface area contributed by atoms with E-state index in [4.69, 9.17) is 31.6 Å². The van der Waals surface area contributed by atoms with E-state index in [1.54, 1.807) is 18.2 Å². The SMILES string of the molecule is Brc1ccccc1-c1nc(-c2ccccc2)cc(-c2ccccc2)n1.Clc1nc(-c2ccccc2)cc(-c2ccccc2)n1.OB(O)c1ccccc1Br. The van der Waals surface area contributed by atoms with Gasteiger partial charge in [0, 0.05) is 36.8 Å². The fourth-order valence-corrected chi connectivity index (χ4v) is 6.47. The summed E-state index contributed by atoms with van der Waals surface area (Å²) in [5.41, 5.74) is 9.19. The summed E-state index contributed by atoms with van der Waals surface area (Å²) in [6, 6.07) is 59.3. The van der Waals surface area contributed by atoms with Gasteiger partial charge in [-0.3, -0.25) is 0 Å². The Bertz CT molecular complexity index is 2300. The van der Waals surface area contributed by atoms with Crippen LogP contribution < -0.4 is 5.46 Å². The zero-order valence-electron chi connectivity index (χ0n) is 28.7. The van der Waals surface area contributed by atoms with Crippen molar-refractivity contribution >= 4 is 56.0 Å². The van der Waals surface area contributed by atoms with Crippen molar-refractivity contribution in [3.8, 4) is 56.4 Å². The highest BCUT2D eigenvalue weighted by Crippen LogP contribution is 2.31. The van der Waals surface area contributed by atoms with Crippen molar-refractivity contribution < 1.29 is 10.0 Å². The largest absolute Gasteiger partial charge is 0.489 e. The fraction of sp³-hybridized carbons (Fsp3) is 0. The molecule has 10 heteroatoms. The van der Waals surface area contributed by atoms with E-state index in [1.165, 1.54) is 0 Å². The van der Waals surface area contributed by atoms with Crippen LogP contribution in [0.4, 0.5) is 0 Å². The molecule has 0 aliphatic rings. The first kappa shape index (κ1) is 38.4. The van der Waals surface area contributed by atoms with Crippen LogP contribution in [-0.4, -0.2) is 37.1 Å². The van der Waals surface area contributed by atoms with E-state index in [1.807, 2.05) is 140 Å². The summed E-state index contributed by atoms with van der Waals surface area (Å²) in [6.07, 6.45) is 0. The molecule has 0 unspecified atom stereocenters. The number of halogens is 3. The Balaban J connectivity index is 0.000000151. The third kappa shape index (κ3) is 10.4. The summed E-state index contributed by atoms with van der Waals surface area (Å²) in [5.74, 6) is 0.715. The van der Waals surface area contributed by atoms with Gasteiger partial charge in [-0.15, -0.1) is 0 Å². The lowest BCUT2D eigenvalue weighted by molar-refractivity contribution is 0.425. The van der Waals surface area contributed by atoms with Crippen molar-refractivity contribution in [1.29, 1.82) is 0 Å². The second kappa shape index (κ2) is 19.2. The number of nitrogens with zero attached hydrogens (tertiary/aromatic N) is 4. The fourth-order valence-electron chi connectivity index (χ4n) is 5.34. The van der Waals surface area contributed by atoms with Gasteiger partial charge in [0.25, 0.3) is 0 Å². The van der Waals surface area contributed by atoms with Gasteiger partial charge in [0.05, 0.1) is 22.8 Å². The van der Waals surface area contributed by atoms with E-state index in [0.29, 0.717) is 15.8 Å². The Morgan fingerprint density at radius 1 is 0.407 bits per heavy atom. The lowest BCUT2D eigenvalue weighted by Gasteiger charge is -2.10. The summed E-state index contributed by atoms with van der Waals surface area (Å²) in [5, 5.41) is 17.7. The Morgan fingerprint density at radius 3 is 1.09 bits per heavy atom. The molecular formula is C44H32BBr2ClN4O2. The van der Waals surface area contributed by atoms with Crippen molar-refractivity contribution in [3.63, 3.8) is 0 Å². The molecular weight excluding hydrogens is 823 g/mol. The molecule has 54 heavy (non-hydrogen) atoms. The van der Waals surface area contributed by atoms with Gasteiger partial charge in [-0.2, -0.15) is 0 Å². The van der Waals surface area contributed by atoms with Crippen LogP contribution in [0.2, 0.25) is 5.28 Å². The molecule has 0 saturated heterocycles. The summed E-state index contributed by atoms with van der Waals surface area (Å²) >= 11 is 12.8. The van der Waals surface area contributed by atoms with E-state index in [-0.39, 0.29) is 5.28 Å². The van der Waals surface area contributed by atoms with Gasteiger partial charge < -0.3 is 10.0 Å². The molecule has 0 spiro atoms. The maximum absolute atomic E-state index is 8.73. The van der Waals surface area contributed by atoms with Crippen molar-refractivity contribution in [2.24, 2.45) is 0 Å². The van der Waals surface area contributed by atoms with Crippen LogP contribution in [0.5, 0.6) is 0 Å². The average Bonchev–Trinajstić information content (AvgIpc) is 3.22.